The molecule has 2 aromatic rings. The lowest BCUT2D eigenvalue weighted by atomic mass is 9.98. The first-order valence-electron chi connectivity index (χ1n) is 6.33. The van der Waals surface area contributed by atoms with E-state index < -0.39 is 0 Å². The molecule has 2 rings (SSSR count). The number of nitrogens with one attached hydrogen (secondary N) is 1. The molecule has 1 heterocycles. The summed E-state index contributed by atoms with van der Waals surface area (Å²) in [6.45, 7) is 4.96. The normalized spacial score (nSPS) is 12.6. The minimum absolute atomic E-state index is 0.171. The van der Waals surface area contributed by atoms with Crippen molar-refractivity contribution in [3.8, 4) is 0 Å². The summed E-state index contributed by atoms with van der Waals surface area (Å²) >= 11 is 5.24. The predicted octanol–water partition coefficient (Wildman–Crippen LogP) is 4.85. The van der Waals surface area contributed by atoms with Crippen molar-refractivity contribution in [2.75, 3.05) is 6.54 Å². The van der Waals surface area contributed by atoms with Crippen LogP contribution < -0.4 is 5.32 Å². The summed E-state index contributed by atoms with van der Waals surface area (Å²) in [6.07, 6.45) is 0.927. The molecule has 0 saturated heterocycles. The number of likely N-dealkylation sites (N-methyl/N-ethyl adjacent to an activating group) is 1. The number of aryl methyl sites for hydroxylation is 1. The number of benzene rings is 1. The first-order valence-corrected chi connectivity index (χ1v) is 7.94. The molecule has 1 aromatic heterocycles. The molecule has 0 aliphatic heterocycles. The fourth-order valence-electron chi connectivity index (χ4n) is 2.23. The van der Waals surface area contributed by atoms with Gasteiger partial charge in [-0.25, -0.2) is 4.39 Å². The molecule has 4 heteroatoms. The highest BCUT2D eigenvalue weighted by Crippen LogP contribution is 2.28. The van der Waals surface area contributed by atoms with E-state index in [9.17, 15) is 4.39 Å². The molecule has 0 aliphatic carbocycles. The Kier molecular flexibility index (Phi) is 5.13. The Morgan fingerprint density at radius 2 is 2.11 bits per heavy atom. The van der Waals surface area contributed by atoms with E-state index in [1.165, 1.54) is 16.5 Å². The number of halogens is 2. The van der Waals surface area contributed by atoms with Crippen LogP contribution in [0, 0.1) is 12.7 Å². The standard InChI is InChI=1S/C15H17BrFNS/c1-3-18-14(9-12-5-7-15(16)19-12)13-6-4-11(17)8-10(13)2/h4-8,14,18H,3,9H2,1-2H3. The van der Waals surface area contributed by atoms with Gasteiger partial charge in [0.05, 0.1) is 3.79 Å². The Balaban J connectivity index is 2.23. The summed E-state index contributed by atoms with van der Waals surface area (Å²) in [5.41, 5.74) is 2.18. The van der Waals surface area contributed by atoms with Gasteiger partial charge in [0.25, 0.3) is 0 Å². The van der Waals surface area contributed by atoms with Crippen LogP contribution in [-0.2, 0) is 6.42 Å². The van der Waals surface area contributed by atoms with Crippen LogP contribution in [0.1, 0.15) is 29.0 Å². The smallest absolute Gasteiger partial charge is 0.123 e. The van der Waals surface area contributed by atoms with Crippen molar-refractivity contribution in [3.63, 3.8) is 0 Å². The molecule has 0 radical (unpaired) electrons. The minimum atomic E-state index is -0.171. The Morgan fingerprint density at radius 3 is 2.68 bits per heavy atom. The van der Waals surface area contributed by atoms with E-state index in [1.54, 1.807) is 17.4 Å². The maximum absolute atomic E-state index is 13.2. The molecule has 1 nitrogen and oxygen atoms in total. The van der Waals surface area contributed by atoms with Gasteiger partial charge in [0, 0.05) is 17.3 Å². The molecule has 0 saturated carbocycles. The van der Waals surface area contributed by atoms with Crippen molar-refractivity contribution in [1.29, 1.82) is 0 Å². The zero-order valence-electron chi connectivity index (χ0n) is 11.0. The van der Waals surface area contributed by atoms with Gasteiger partial charge in [0.1, 0.15) is 5.82 Å². The van der Waals surface area contributed by atoms with E-state index in [1.807, 2.05) is 13.0 Å². The molecule has 0 aliphatic rings. The largest absolute Gasteiger partial charge is 0.310 e. The van der Waals surface area contributed by atoms with E-state index in [0.717, 1.165) is 22.3 Å². The highest BCUT2D eigenvalue weighted by Gasteiger charge is 2.15. The number of hydrogen-bond donors (Lipinski definition) is 1. The molecule has 0 spiro atoms. The van der Waals surface area contributed by atoms with Crippen molar-refractivity contribution >= 4 is 27.3 Å². The molecule has 1 aromatic carbocycles. The van der Waals surface area contributed by atoms with Gasteiger partial charge in [-0.2, -0.15) is 0 Å². The third-order valence-electron chi connectivity index (χ3n) is 3.09. The number of thiophene rings is 1. The second-order valence-corrected chi connectivity index (χ2v) is 7.07. The summed E-state index contributed by atoms with van der Waals surface area (Å²) in [6, 6.07) is 9.47. The average molecular weight is 342 g/mol. The Bertz CT molecular complexity index is 553. The van der Waals surface area contributed by atoms with Gasteiger partial charge in [-0.1, -0.05) is 13.0 Å². The first-order chi connectivity index (χ1) is 9.10. The van der Waals surface area contributed by atoms with E-state index in [4.69, 9.17) is 0 Å². The lowest BCUT2D eigenvalue weighted by Crippen LogP contribution is -2.23. The van der Waals surface area contributed by atoms with Crippen molar-refractivity contribution in [1.82, 2.24) is 5.32 Å². The van der Waals surface area contributed by atoms with E-state index in [-0.39, 0.29) is 11.9 Å². The molecule has 0 fully saturated rings. The van der Waals surface area contributed by atoms with Gasteiger partial charge in [-0.3, -0.25) is 0 Å². The number of rotatable bonds is 5. The Labute approximate surface area is 126 Å². The molecule has 1 unspecified atom stereocenters. The van der Waals surface area contributed by atoms with Gasteiger partial charge in [0.2, 0.25) is 0 Å². The Hall–Kier alpha value is -0.710. The summed E-state index contributed by atoms with van der Waals surface area (Å²) in [7, 11) is 0. The van der Waals surface area contributed by atoms with Crippen LogP contribution in [0.2, 0.25) is 0 Å². The van der Waals surface area contributed by atoms with Gasteiger partial charge >= 0.3 is 0 Å². The van der Waals surface area contributed by atoms with E-state index in [2.05, 4.69) is 40.3 Å². The summed E-state index contributed by atoms with van der Waals surface area (Å²) < 4.78 is 14.3. The average Bonchev–Trinajstić information content (AvgIpc) is 2.74. The van der Waals surface area contributed by atoms with Crippen LogP contribution >= 0.6 is 27.3 Å². The minimum Gasteiger partial charge on any atom is -0.310 e. The van der Waals surface area contributed by atoms with Gasteiger partial charge < -0.3 is 5.32 Å². The quantitative estimate of drug-likeness (QED) is 0.819. The molecule has 1 N–H and O–H groups in total. The molecule has 102 valence electrons. The highest BCUT2D eigenvalue weighted by atomic mass is 79.9. The van der Waals surface area contributed by atoms with Crippen LogP contribution in [0.15, 0.2) is 34.1 Å². The van der Waals surface area contributed by atoms with Crippen LogP contribution in [0.4, 0.5) is 4.39 Å². The van der Waals surface area contributed by atoms with Crippen molar-refractivity contribution in [2.24, 2.45) is 0 Å². The van der Waals surface area contributed by atoms with Gasteiger partial charge in [-0.15, -0.1) is 11.3 Å². The fraction of sp³-hybridized carbons (Fsp3) is 0.333. The van der Waals surface area contributed by atoms with Gasteiger partial charge in [0.15, 0.2) is 0 Å². The summed E-state index contributed by atoms with van der Waals surface area (Å²) in [5, 5.41) is 3.49. The monoisotopic (exact) mass is 341 g/mol. The predicted molar refractivity (Wildman–Crippen MR) is 83.3 cm³/mol. The highest BCUT2D eigenvalue weighted by molar-refractivity contribution is 9.11. The summed E-state index contributed by atoms with van der Waals surface area (Å²) in [4.78, 5) is 1.32. The zero-order chi connectivity index (χ0) is 13.8. The SMILES string of the molecule is CCNC(Cc1ccc(Br)s1)c1ccc(F)cc1C. The second kappa shape index (κ2) is 6.64. The topological polar surface area (TPSA) is 12.0 Å². The van der Waals surface area contributed by atoms with Crippen LogP contribution in [0.5, 0.6) is 0 Å². The fourth-order valence-corrected chi connectivity index (χ4v) is 3.76. The Morgan fingerprint density at radius 1 is 1.32 bits per heavy atom. The lowest BCUT2D eigenvalue weighted by Gasteiger charge is -2.20. The molecule has 0 bridgehead atoms. The van der Waals surface area contributed by atoms with Crippen molar-refractivity contribution in [2.45, 2.75) is 26.3 Å². The number of hydrogen-bond acceptors (Lipinski definition) is 2. The molecule has 19 heavy (non-hydrogen) atoms. The third kappa shape index (κ3) is 3.88. The van der Waals surface area contributed by atoms with Crippen LogP contribution in [0.25, 0.3) is 0 Å². The second-order valence-electron chi connectivity index (χ2n) is 4.52. The van der Waals surface area contributed by atoms with Crippen molar-refractivity contribution in [3.05, 3.63) is 55.9 Å². The summed E-state index contributed by atoms with van der Waals surface area (Å²) in [5.74, 6) is -0.171. The third-order valence-corrected chi connectivity index (χ3v) is 4.74. The zero-order valence-corrected chi connectivity index (χ0v) is 13.4. The van der Waals surface area contributed by atoms with E-state index in [0.29, 0.717) is 0 Å². The lowest BCUT2D eigenvalue weighted by molar-refractivity contribution is 0.548. The molecular weight excluding hydrogens is 325 g/mol. The molecular formula is C15H17BrFNS. The first kappa shape index (κ1) is 14.7. The molecule has 0 amide bonds. The van der Waals surface area contributed by atoms with Crippen LogP contribution in [-0.4, -0.2) is 6.54 Å². The maximum Gasteiger partial charge on any atom is 0.123 e. The van der Waals surface area contributed by atoms with Crippen molar-refractivity contribution < 1.29 is 4.39 Å². The molecule has 1 atom stereocenters. The van der Waals surface area contributed by atoms with E-state index >= 15 is 0 Å². The van der Waals surface area contributed by atoms with Crippen LogP contribution in [0.3, 0.4) is 0 Å². The maximum atomic E-state index is 13.2. The van der Waals surface area contributed by atoms with Gasteiger partial charge in [-0.05, 0) is 64.8 Å².